The number of carbonyl (C=O) groups is 1. The number of aryl methyl sites for hydroxylation is 1. The maximum atomic E-state index is 13.3. The first-order valence-corrected chi connectivity index (χ1v) is 9.34. The number of amides is 2. The van der Waals surface area contributed by atoms with Crippen LogP contribution in [0.4, 0.5) is 9.18 Å². The third-order valence-corrected chi connectivity index (χ3v) is 4.77. The predicted octanol–water partition coefficient (Wildman–Crippen LogP) is 1.94. The second-order valence-electron chi connectivity index (χ2n) is 5.87. The van der Waals surface area contributed by atoms with E-state index >= 15 is 0 Å². The lowest BCUT2D eigenvalue weighted by molar-refractivity contribution is 0.233. The lowest BCUT2D eigenvalue weighted by Gasteiger charge is -2.18. The smallest absolute Gasteiger partial charge is 0.315 e. The topological polar surface area (TPSA) is 75.3 Å². The van der Waals surface area contributed by atoms with E-state index in [1.165, 1.54) is 18.4 Å². The summed E-state index contributed by atoms with van der Waals surface area (Å²) in [5, 5.41) is 5.54. The van der Waals surface area contributed by atoms with Gasteiger partial charge in [-0.1, -0.05) is 6.07 Å². The summed E-state index contributed by atoms with van der Waals surface area (Å²) in [4.78, 5) is 12.0. The van der Waals surface area contributed by atoms with Crippen molar-refractivity contribution < 1.29 is 17.6 Å². The zero-order valence-electron chi connectivity index (χ0n) is 12.7. The molecule has 2 N–H and O–H groups in total. The molecule has 1 aromatic carbocycles. The summed E-state index contributed by atoms with van der Waals surface area (Å²) in [5.41, 5.74) is 1.87. The van der Waals surface area contributed by atoms with E-state index < -0.39 is 9.84 Å². The van der Waals surface area contributed by atoms with E-state index in [0.29, 0.717) is 6.42 Å². The summed E-state index contributed by atoms with van der Waals surface area (Å²) in [5.74, 6) is -0.277. The van der Waals surface area contributed by atoms with Gasteiger partial charge in [0.05, 0.1) is 11.8 Å². The summed E-state index contributed by atoms with van der Waals surface area (Å²) in [7, 11) is -3.04. The quantitative estimate of drug-likeness (QED) is 0.867. The Hall–Kier alpha value is -1.63. The van der Waals surface area contributed by atoms with Crippen LogP contribution < -0.4 is 10.6 Å². The Labute approximate surface area is 130 Å². The van der Waals surface area contributed by atoms with Crippen LogP contribution in [-0.4, -0.2) is 32.5 Å². The van der Waals surface area contributed by atoms with Gasteiger partial charge in [-0.15, -0.1) is 0 Å². The molecule has 7 heteroatoms. The van der Waals surface area contributed by atoms with E-state index in [4.69, 9.17) is 0 Å². The number of urea groups is 1. The van der Waals surface area contributed by atoms with Gasteiger partial charge >= 0.3 is 6.03 Å². The van der Waals surface area contributed by atoms with E-state index in [1.807, 2.05) is 0 Å². The van der Waals surface area contributed by atoms with Crippen LogP contribution >= 0.6 is 0 Å². The van der Waals surface area contributed by atoms with Gasteiger partial charge in [-0.3, -0.25) is 0 Å². The van der Waals surface area contributed by atoms with E-state index in [-0.39, 0.29) is 29.7 Å². The Kier molecular flexibility index (Phi) is 5.05. The molecule has 0 spiro atoms. The molecule has 2 rings (SSSR count). The van der Waals surface area contributed by atoms with Gasteiger partial charge in [0, 0.05) is 12.3 Å². The molecule has 0 heterocycles. The van der Waals surface area contributed by atoms with Crippen LogP contribution in [0.1, 0.15) is 36.9 Å². The van der Waals surface area contributed by atoms with Crippen molar-refractivity contribution >= 4 is 15.9 Å². The van der Waals surface area contributed by atoms with Gasteiger partial charge in [-0.2, -0.15) is 0 Å². The minimum atomic E-state index is -3.04. The van der Waals surface area contributed by atoms with Gasteiger partial charge in [0.2, 0.25) is 0 Å². The predicted molar refractivity (Wildman–Crippen MR) is 82.9 cm³/mol. The molecule has 0 fully saturated rings. The number of sulfone groups is 1. The third-order valence-electron chi connectivity index (χ3n) is 3.79. The zero-order valence-corrected chi connectivity index (χ0v) is 13.5. The van der Waals surface area contributed by atoms with Crippen LogP contribution in [0.2, 0.25) is 0 Å². The molecule has 0 aromatic heterocycles. The lowest BCUT2D eigenvalue weighted by Crippen LogP contribution is -2.42. The Morgan fingerprint density at radius 3 is 2.86 bits per heavy atom. The molecule has 0 bridgehead atoms. The van der Waals surface area contributed by atoms with Crippen LogP contribution in [-0.2, 0) is 16.3 Å². The molecule has 0 radical (unpaired) electrons. The molecule has 2 amide bonds. The molecule has 0 saturated carbocycles. The number of benzene rings is 1. The molecular formula is C15H21FN2O3S. The van der Waals surface area contributed by atoms with Crippen molar-refractivity contribution in [3.8, 4) is 0 Å². The van der Waals surface area contributed by atoms with Gasteiger partial charge in [0.1, 0.15) is 15.7 Å². The molecule has 2 atom stereocenters. The normalized spacial score (nSPS) is 18.6. The largest absolute Gasteiger partial charge is 0.336 e. The molecular weight excluding hydrogens is 307 g/mol. The molecule has 0 aliphatic heterocycles. The van der Waals surface area contributed by atoms with Crippen LogP contribution in [0.3, 0.4) is 0 Å². The van der Waals surface area contributed by atoms with Crippen molar-refractivity contribution in [2.75, 3.05) is 12.0 Å². The highest BCUT2D eigenvalue weighted by molar-refractivity contribution is 7.90. The van der Waals surface area contributed by atoms with Crippen LogP contribution in [0.5, 0.6) is 0 Å². The van der Waals surface area contributed by atoms with Gasteiger partial charge in [-0.05, 0) is 49.4 Å². The maximum Gasteiger partial charge on any atom is 0.315 e. The van der Waals surface area contributed by atoms with Crippen molar-refractivity contribution in [3.63, 3.8) is 0 Å². The molecule has 5 nitrogen and oxygen atoms in total. The zero-order chi connectivity index (χ0) is 16.3. The van der Waals surface area contributed by atoms with Crippen molar-refractivity contribution in [1.29, 1.82) is 0 Å². The van der Waals surface area contributed by atoms with E-state index in [9.17, 15) is 17.6 Å². The number of hydrogen-bond donors (Lipinski definition) is 2. The van der Waals surface area contributed by atoms with E-state index in [2.05, 4.69) is 10.6 Å². The number of hydrogen-bond acceptors (Lipinski definition) is 3. The van der Waals surface area contributed by atoms with Crippen molar-refractivity contribution in [3.05, 3.63) is 35.1 Å². The number of rotatable bonds is 5. The summed E-state index contributed by atoms with van der Waals surface area (Å²) < 4.78 is 35.5. The maximum absolute atomic E-state index is 13.3. The fraction of sp³-hybridized carbons (Fsp3) is 0.533. The highest BCUT2D eigenvalue weighted by Gasteiger charge is 2.24. The highest BCUT2D eigenvalue weighted by atomic mass is 32.2. The van der Waals surface area contributed by atoms with Gasteiger partial charge < -0.3 is 10.6 Å². The summed E-state index contributed by atoms with van der Waals surface area (Å²) in [6.07, 6.45) is 3.08. The molecule has 1 aromatic rings. The van der Waals surface area contributed by atoms with Crippen molar-refractivity contribution in [2.24, 2.45) is 0 Å². The van der Waals surface area contributed by atoms with Crippen molar-refractivity contribution in [1.82, 2.24) is 10.6 Å². The monoisotopic (exact) mass is 328 g/mol. The van der Waals surface area contributed by atoms with E-state index in [0.717, 1.165) is 24.0 Å². The average Bonchev–Trinajstić information content (AvgIpc) is 2.78. The summed E-state index contributed by atoms with van der Waals surface area (Å²) in [6.45, 7) is 1.76. The Morgan fingerprint density at radius 2 is 2.18 bits per heavy atom. The van der Waals surface area contributed by atoms with Crippen LogP contribution in [0.15, 0.2) is 18.2 Å². The molecule has 22 heavy (non-hydrogen) atoms. The number of fused-ring (bicyclic) bond motifs is 1. The second kappa shape index (κ2) is 6.64. The Bertz CT molecular complexity index is 661. The standard InChI is InChI=1S/C15H21FN2O3S/c1-10(7-8-22(2,20)21)17-15(19)18-14-6-4-11-3-5-12(16)9-13(11)14/h3,5,9-10,14H,4,6-8H2,1-2H3,(H2,17,18,19)/t10-,14+/m0/s1. The fourth-order valence-electron chi connectivity index (χ4n) is 2.61. The minimum absolute atomic E-state index is 0.0337. The van der Waals surface area contributed by atoms with Crippen molar-refractivity contribution in [2.45, 2.75) is 38.3 Å². The number of nitrogens with one attached hydrogen (secondary N) is 2. The molecule has 122 valence electrons. The average molecular weight is 328 g/mol. The SMILES string of the molecule is C[C@@H](CCS(C)(=O)=O)NC(=O)N[C@@H]1CCc2ccc(F)cc21. The third kappa shape index (κ3) is 4.69. The first-order valence-electron chi connectivity index (χ1n) is 7.27. The van der Waals surface area contributed by atoms with Gasteiger partial charge in [0.15, 0.2) is 0 Å². The number of carbonyl (C=O) groups excluding carboxylic acids is 1. The van der Waals surface area contributed by atoms with Gasteiger partial charge in [-0.25, -0.2) is 17.6 Å². The molecule has 0 unspecified atom stereocenters. The van der Waals surface area contributed by atoms with E-state index in [1.54, 1.807) is 13.0 Å². The summed E-state index contributed by atoms with van der Waals surface area (Å²) >= 11 is 0. The minimum Gasteiger partial charge on any atom is -0.336 e. The first-order chi connectivity index (χ1) is 10.2. The second-order valence-corrected chi connectivity index (χ2v) is 8.13. The Morgan fingerprint density at radius 1 is 1.45 bits per heavy atom. The number of halogens is 1. The molecule has 1 aliphatic rings. The molecule has 0 saturated heterocycles. The lowest BCUT2D eigenvalue weighted by atomic mass is 10.1. The summed E-state index contributed by atoms with van der Waals surface area (Å²) in [6, 6.07) is 3.83. The van der Waals surface area contributed by atoms with Crippen LogP contribution in [0, 0.1) is 5.82 Å². The fourth-order valence-corrected chi connectivity index (χ4v) is 3.39. The van der Waals surface area contributed by atoms with Crippen LogP contribution in [0.25, 0.3) is 0 Å². The molecule has 1 aliphatic carbocycles. The van der Waals surface area contributed by atoms with Gasteiger partial charge in [0.25, 0.3) is 0 Å². The highest BCUT2D eigenvalue weighted by Crippen LogP contribution is 2.31. The first kappa shape index (κ1) is 16.7. The Balaban J connectivity index is 1.87.